The minimum absolute atomic E-state index is 0.188. The van der Waals surface area contributed by atoms with Crippen LogP contribution in [-0.2, 0) is 13.9 Å². The average Bonchev–Trinajstić information content (AvgIpc) is 3.21. The van der Waals surface area contributed by atoms with Gasteiger partial charge < -0.3 is 20.2 Å². The molecule has 0 aliphatic heterocycles. The Balaban J connectivity index is 3.56. The standard InChI is InChI=1S/C51H104NO6P/c1-3-5-7-9-11-13-15-16-17-18-19-20-21-22-23-24-25-26-27-28-29-30-31-32-33-34-35-36-37-39-41-43-45-47-51(54)52-49(48-58-59(55,56)57)50(53)46-44-42-40-38-14-12-10-8-6-4-2/h49-50,53H,3-48H2,1-2H3,(H,52,54)(H2,55,56,57)/t49-,50+/m0/s1. The molecule has 0 aliphatic carbocycles. The second kappa shape index (κ2) is 47.0. The monoisotopic (exact) mass is 858 g/mol. The fourth-order valence-electron chi connectivity index (χ4n) is 8.59. The predicted octanol–water partition coefficient (Wildman–Crippen LogP) is 16.5. The summed E-state index contributed by atoms with van der Waals surface area (Å²) in [5.41, 5.74) is 0. The van der Waals surface area contributed by atoms with E-state index in [1.807, 2.05) is 0 Å². The molecule has 354 valence electrons. The SMILES string of the molecule is CCCCCCCCCCCCCCCCCCCCCCCCCCCCCCCCCCCC(=O)N[C@@H](COP(=O)(O)O)[C@H](O)CCCCCCCCCCCC. The van der Waals surface area contributed by atoms with Crippen LogP contribution in [0.5, 0.6) is 0 Å². The topological polar surface area (TPSA) is 116 Å². The Morgan fingerprint density at radius 1 is 0.424 bits per heavy atom. The summed E-state index contributed by atoms with van der Waals surface area (Å²) in [5, 5.41) is 13.5. The first kappa shape index (κ1) is 58.5. The molecular weight excluding hydrogens is 754 g/mol. The second-order valence-corrected chi connectivity index (χ2v) is 19.8. The van der Waals surface area contributed by atoms with Gasteiger partial charge in [-0.05, 0) is 12.8 Å². The maximum atomic E-state index is 12.6. The summed E-state index contributed by atoms with van der Waals surface area (Å²) in [6, 6.07) is -0.818. The number of unbranched alkanes of at least 4 members (excludes halogenated alkanes) is 41. The van der Waals surface area contributed by atoms with Crippen molar-refractivity contribution in [1.82, 2.24) is 5.32 Å². The lowest BCUT2D eigenvalue weighted by Crippen LogP contribution is -2.46. The molecule has 59 heavy (non-hydrogen) atoms. The Morgan fingerprint density at radius 2 is 0.661 bits per heavy atom. The molecule has 0 aliphatic rings. The van der Waals surface area contributed by atoms with E-state index in [-0.39, 0.29) is 5.91 Å². The molecule has 1 amide bonds. The molecule has 0 saturated carbocycles. The Hall–Kier alpha value is -0.460. The van der Waals surface area contributed by atoms with Crippen LogP contribution in [0.2, 0.25) is 0 Å². The molecule has 0 heterocycles. The Labute approximate surface area is 368 Å². The minimum atomic E-state index is -4.69. The number of carbonyl (C=O) groups is 1. The molecule has 0 aromatic rings. The fraction of sp³-hybridized carbons (Fsp3) is 0.980. The highest BCUT2D eigenvalue weighted by molar-refractivity contribution is 7.46. The molecule has 0 bridgehead atoms. The van der Waals surface area contributed by atoms with Crippen molar-refractivity contribution in [3.05, 3.63) is 0 Å². The molecule has 0 saturated heterocycles. The summed E-state index contributed by atoms with van der Waals surface area (Å²) in [7, 11) is -4.69. The molecular formula is C51H104NO6P. The third-order valence-electron chi connectivity index (χ3n) is 12.6. The van der Waals surface area contributed by atoms with Crippen molar-refractivity contribution in [3.8, 4) is 0 Å². The number of phosphoric ester groups is 1. The maximum absolute atomic E-state index is 12.6. The maximum Gasteiger partial charge on any atom is 0.469 e. The summed E-state index contributed by atoms with van der Waals surface area (Å²) >= 11 is 0. The lowest BCUT2D eigenvalue weighted by atomic mass is 10.0. The average molecular weight is 858 g/mol. The van der Waals surface area contributed by atoms with Crippen LogP contribution in [0.3, 0.4) is 0 Å². The van der Waals surface area contributed by atoms with Crippen LogP contribution in [0.15, 0.2) is 0 Å². The molecule has 0 rings (SSSR count). The van der Waals surface area contributed by atoms with Crippen LogP contribution in [0.4, 0.5) is 0 Å². The third-order valence-corrected chi connectivity index (χ3v) is 13.1. The van der Waals surface area contributed by atoms with E-state index >= 15 is 0 Å². The molecule has 0 spiro atoms. The van der Waals surface area contributed by atoms with Crippen molar-refractivity contribution in [2.24, 2.45) is 0 Å². The van der Waals surface area contributed by atoms with E-state index in [4.69, 9.17) is 0 Å². The van der Waals surface area contributed by atoms with Crippen LogP contribution < -0.4 is 5.32 Å². The van der Waals surface area contributed by atoms with Crippen molar-refractivity contribution < 1.29 is 28.8 Å². The first-order valence-corrected chi connectivity index (χ1v) is 28.0. The van der Waals surface area contributed by atoms with E-state index in [0.29, 0.717) is 12.8 Å². The largest absolute Gasteiger partial charge is 0.469 e. The molecule has 0 aromatic carbocycles. The highest BCUT2D eigenvalue weighted by atomic mass is 31.2. The number of rotatable bonds is 50. The minimum Gasteiger partial charge on any atom is -0.391 e. The van der Waals surface area contributed by atoms with Gasteiger partial charge in [-0.3, -0.25) is 9.32 Å². The van der Waals surface area contributed by atoms with Crippen LogP contribution >= 0.6 is 7.82 Å². The van der Waals surface area contributed by atoms with Crippen molar-refractivity contribution in [3.63, 3.8) is 0 Å². The van der Waals surface area contributed by atoms with Gasteiger partial charge in [-0.2, -0.15) is 0 Å². The van der Waals surface area contributed by atoms with Gasteiger partial charge in [0.25, 0.3) is 0 Å². The normalized spacial score (nSPS) is 13.0. The predicted molar refractivity (Wildman–Crippen MR) is 255 cm³/mol. The molecule has 0 aromatic heterocycles. The molecule has 0 radical (unpaired) electrons. The van der Waals surface area contributed by atoms with Gasteiger partial charge in [0.05, 0.1) is 18.8 Å². The second-order valence-electron chi connectivity index (χ2n) is 18.6. The summed E-state index contributed by atoms with van der Waals surface area (Å²) in [6.07, 6.45) is 57.2. The highest BCUT2D eigenvalue weighted by Gasteiger charge is 2.25. The van der Waals surface area contributed by atoms with Gasteiger partial charge in [-0.15, -0.1) is 0 Å². The van der Waals surface area contributed by atoms with Gasteiger partial charge in [0.2, 0.25) is 5.91 Å². The number of hydrogen-bond donors (Lipinski definition) is 4. The van der Waals surface area contributed by atoms with E-state index in [2.05, 4.69) is 23.7 Å². The van der Waals surface area contributed by atoms with Crippen LogP contribution in [-0.4, -0.2) is 39.6 Å². The van der Waals surface area contributed by atoms with Gasteiger partial charge in [0.15, 0.2) is 0 Å². The number of aliphatic hydroxyl groups excluding tert-OH is 1. The van der Waals surface area contributed by atoms with Gasteiger partial charge >= 0.3 is 7.82 Å². The molecule has 2 atom stereocenters. The number of phosphoric acid groups is 1. The summed E-state index contributed by atoms with van der Waals surface area (Å²) in [5.74, 6) is -0.188. The van der Waals surface area contributed by atoms with E-state index in [0.717, 1.165) is 38.5 Å². The van der Waals surface area contributed by atoms with Crippen molar-refractivity contribution in [2.75, 3.05) is 6.61 Å². The Kier molecular flexibility index (Phi) is 46.7. The van der Waals surface area contributed by atoms with Gasteiger partial charge in [0.1, 0.15) is 0 Å². The Morgan fingerprint density at radius 3 is 0.915 bits per heavy atom. The molecule has 4 N–H and O–H groups in total. The van der Waals surface area contributed by atoms with Crippen LogP contribution in [0, 0.1) is 0 Å². The summed E-state index contributed by atoms with van der Waals surface area (Å²) in [4.78, 5) is 31.0. The van der Waals surface area contributed by atoms with E-state index in [9.17, 15) is 24.3 Å². The molecule has 7 nitrogen and oxygen atoms in total. The van der Waals surface area contributed by atoms with E-state index in [1.54, 1.807) is 0 Å². The zero-order chi connectivity index (χ0) is 43.2. The smallest absolute Gasteiger partial charge is 0.391 e. The third kappa shape index (κ3) is 48.4. The van der Waals surface area contributed by atoms with Gasteiger partial charge in [0, 0.05) is 6.42 Å². The lowest BCUT2D eigenvalue weighted by molar-refractivity contribution is -0.123. The van der Waals surface area contributed by atoms with Crippen molar-refractivity contribution in [1.29, 1.82) is 0 Å². The summed E-state index contributed by atoms with van der Waals surface area (Å²) < 4.78 is 16.0. The fourth-order valence-corrected chi connectivity index (χ4v) is 8.94. The first-order valence-electron chi connectivity index (χ1n) is 26.5. The van der Waals surface area contributed by atoms with E-state index in [1.165, 1.54) is 238 Å². The summed E-state index contributed by atoms with van der Waals surface area (Å²) in [6.45, 7) is 4.14. The lowest BCUT2D eigenvalue weighted by Gasteiger charge is -2.24. The molecule has 0 fully saturated rings. The zero-order valence-electron chi connectivity index (χ0n) is 39.7. The highest BCUT2D eigenvalue weighted by Crippen LogP contribution is 2.36. The first-order chi connectivity index (χ1) is 28.8. The number of carbonyl (C=O) groups excluding carboxylic acids is 1. The van der Waals surface area contributed by atoms with Gasteiger partial charge in [-0.25, -0.2) is 4.57 Å². The molecule has 0 unspecified atom stereocenters. The van der Waals surface area contributed by atoms with Gasteiger partial charge in [-0.1, -0.05) is 284 Å². The van der Waals surface area contributed by atoms with E-state index < -0.39 is 26.6 Å². The van der Waals surface area contributed by atoms with Crippen LogP contribution in [0.1, 0.15) is 303 Å². The number of nitrogens with one attached hydrogen (secondary N) is 1. The number of hydrogen-bond acceptors (Lipinski definition) is 4. The quantitative estimate of drug-likeness (QED) is 0.0358. The zero-order valence-corrected chi connectivity index (χ0v) is 40.6. The van der Waals surface area contributed by atoms with Crippen LogP contribution in [0.25, 0.3) is 0 Å². The number of aliphatic hydroxyl groups is 1. The Bertz CT molecular complexity index is 884. The number of amides is 1. The van der Waals surface area contributed by atoms with Crippen molar-refractivity contribution in [2.45, 2.75) is 315 Å². The van der Waals surface area contributed by atoms with Crippen molar-refractivity contribution >= 4 is 13.7 Å². The molecule has 8 heteroatoms.